The number of para-hydroxylation sites is 3. The number of carbonyl (C=O) groups is 1. The third kappa shape index (κ3) is 8.66. The fraction of sp³-hybridized carbons (Fsp3) is 0.312. The predicted octanol–water partition coefficient (Wildman–Crippen LogP) is 4.82. The SMILES string of the molecule is COc1ccccc1N1CCN(CCCC(=O)Nc2cccc3c(=O)c(C)c(-c4ccccc4)oc23)CC1.CS(=O)(=O)O. The van der Waals surface area contributed by atoms with E-state index in [-0.39, 0.29) is 11.3 Å². The lowest BCUT2D eigenvalue weighted by Gasteiger charge is -2.36. The maximum absolute atomic E-state index is 13.1. The minimum absolute atomic E-state index is 0.0883. The number of hydrogen-bond donors (Lipinski definition) is 2. The molecule has 228 valence electrons. The van der Waals surface area contributed by atoms with E-state index in [1.54, 1.807) is 32.2 Å². The van der Waals surface area contributed by atoms with Gasteiger partial charge in [0, 0.05) is 43.7 Å². The molecule has 0 aliphatic carbocycles. The van der Waals surface area contributed by atoms with Crippen LogP contribution in [0.15, 0.2) is 82.0 Å². The number of amides is 1. The number of ether oxygens (including phenoxy) is 1. The van der Waals surface area contributed by atoms with E-state index in [0.29, 0.717) is 40.7 Å². The molecule has 4 aromatic rings. The molecule has 0 spiro atoms. The summed E-state index contributed by atoms with van der Waals surface area (Å²) < 4.78 is 37.6. The van der Waals surface area contributed by atoms with Gasteiger partial charge >= 0.3 is 0 Å². The number of nitrogens with one attached hydrogen (secondary N) is 1. The van der Waals surface area contributed by atoms with Crippen LogP contribution in [0.25, 0.3) is 22.3 Å². The minimum Gasteiger partial charge on any atom is -0.495 e. The van der Waals surface area contributed by atoms with Gasteiger partial charge in [-0.2, -0.15) is 8.42 Å². The zero-order valence-electron chi connectivity index (χ0n) is 24.6. The fourth-order valence-corrected chi connectivity index (χ4v) is 5.05. The van der Waals surface area contributed by atoms with Gasteiger partial charge in [-0.15, -0.1) is 0 Å². The molecule has 1 saturated heterocycles. The first-order valence-electron chi connectivity index (χ1n) is 14.0. The van der Waals surface area contributed by atoms with Crippen LogP contribution in [0, 0.1) is 6.92 Å². The van der Waals surface area contributed by atoms with E-state index in [1.807, 2.05) is 48.5 Å². The molecule has 2 heterocycles. The van der Waals surface area contributed by atoms with E-state index in [2.05, 4.69) is 21.2 Å². The van der Waals surface area contributed by atoms with Crippen molar-refractivity contribution in [1.29, 1.82) is 0 Å². The zero-order chi connectivity index (χ0) is 31.0. The Morgan fingerprint density at radius 1 is 0.977 bits per heavy atom. The Labute approximate surface area is 251 Å². The van der Waals surface area contributed by atoms with Gasteiger partial charge in [0.05, 0.1) is 30.1 Å². The quantitative estimate of drug-likeness (QED) is 0.271. The second-order valence-corrected chi connectivity index (χ2v) is 11.8. The normalized spacial score (nSPS) is 13.7. The second kappa shape index (κ2) is 14.3. The van der Waals surface area contributed by atoms with E-state index in [1.165, 1.54) is 0 Å². The molecule has 43 heavy (non-hydrogen) atoms. The van der Waals surface area contributed by atoms with Gasteiger partial charge in [-0.25, -0.2) is 0 Å². The van der Waals surface area contributed by atoms with Crippen LogP contribution < -0.4 is 20.4 Å². The number of carbonyl (C=O) groups excluding carboxylic acids is 1. The molecule has 10 nitrogen and oxygen atoms in total. The first-order chi connectivity index (χ1) is 20.5. The summed E-state index contributed by atoms with van der Waals surface area (Å²) in [6, 6.07) is 23.0. The van der Waals surface area contributed by atoms with Crippen LogP contribution in [0.1, 0.15) is 18.4 Å². The van der Waals surface area contributed by atoms with Crippen molar-refractivity contribution < 1.29 is 26.9 Å². The molecule has 1 fully saturated rings. The molecule has 1 aliphatic heterocycles. The molecule has 0 saturated carbocycles. The Balaban J connectivity index is 0.000000782. The predicted molar refractivity (Wildman–Crippen MR) is 170 cm³/mol. The average molecular weight is 608 g/mol. The van der Waals surface area contributed by atoms with E-state index in [9.17, 15) is 18.0 Å². The van der Waals surface area contributed by atoms with Crippen LogP contribution in [0.5, 0.6) is 5.75 Å². The third-order valence-corrected chi connectivity index (χ3v) is 7.13. The standard InChI is InChI=1S/C31H33N3O4.CH4O3S/c1-22-29(36)24-12-8-13-25(31(24)38-30(22)23-10-4-3-5-11-23)32-28(35)16-9-17-33-18-20-34(21-19-33)26-14-6-7-15-27(26)37-2;1-5(2,3)4/h3-8,10-15H,9,16-21H2,1-2H3,(H,32,35);1H3,(H,2,3,4). The molecule has 1 aliphatic rings. The van der Waals surface area contributed by atoms with Crippen LogP contribution in [-0.4, -0.2) is 69.9 Å². The van der Waals surface area contributed by atoms with Gasteiger partial charge in [-0.1, -0.05) is 48.5 Å². The summed E-state index contributed by atoms with van der Waals surface area (Å²) in [5, 5.41) is 3.44. The monoisotopic (exact) mass is 607 g/mol. The van der Waals surface area contributed by atoms with Gasteiger partial charge in [0.2, 0.25) is 5.91 Å². The molecule has 0 unspecified atom stereocenters. The highest BCUT2D eigenvalue weighted by molar-refractivity contribution is 7.85. The summed E-state index contributed by atoms with van der Waals surface area (Å²) >= 11 is 0. The molecular weight excluding hydrogens is 570 g/mol. The van der Waals surface area contributed by atoms with Crippen molar-refractivity contribution in [3.05, 3.63) is 88.6 Å². The fourth-order valence-electron chi connectivity index (χ4n) is 5.05. The lowest BCUT2D eigenvalue weighted by Crippen LogP contribution is -2.46. The first-order valence-corrected chi connectivity index (χ1v) is 15.8. The van der Waals surface area contributed by atoms with E-state index in [4.69, 9.17) is 13.7 Å². The molecule has 3 aromatic carbocycles. The largest absolute Gasteiger partial charge is 0.495 e. The Bertz CT molecular complexity index is 1710. The number of piperazine rings is 1. The topological polar surface area (TPSA) is 129 Å². The highest BCUT2D eigenvalue weighted by Gasteiger charge is 2.20. The van der Waals surface area contributed by atoms with Crippen LogP contribution in [0.2, 0.25) is 0 Å². The highest BCUT2D eigenvalue weighted by atomic mass is 32.2. The molecule has 1 amide bonds. The van der Waals surface area contributed by atoms with Gasteiger partial charge in [0.25, 0.3) is 10.1 Å². The molecule has 0 radical (unpaired) electrons. The lowest BCUT2D eigenvalue weighted by molar-refractivity contribution is -0.116. The summed E-state index contributed by atoms with van der Waals surface area (Å²) in [5.41, 5.74) is 3.35. The van der Waals surface area contributed by atoms with Crippen molar-refractivity contribution in [2.45, 2.75) is 19.8 Å². The van der Waals surface area contributed by atoms with E-state index >= 15 is 0 Å². The maximum atomic E-state index is 13.1. The van der Waals surface area contributed by atoms with E-state index in [0.717, 1.165) is 56.1 Å². The maximum Gasteiger partial charge on any atom is 0.261 e. The summed E-state index contributed by atoms with van der Waals surface area (Å²) in [4.78, 5) is 30.7. The Kier molecular flexibility index (Phi) is 10.6. The molecule has 0 bridgehead atoms. The molecule has 5 rings (SSSR count). The first kappa shape index (κ1) is 31.7. The number of fused-ring (bicyclic) bond motifs is 1. The van der Waals surface area contributed by atoms with Gasteiger partial charge in [-0.05, 0) is 44.2 Å². The van der Waals surface area contributed by atoms with Gasteiger partial charge in [0.15, 0.2) is 11.0 Å². The van der Waals surface area contributed by atoms with Crippen molar-refractivity contribution in [2.24, 2.45) is 0 Å². The smallest absolute Gasteiger partial charge is 0.261 e. The molecule has 1 aromatic heterocycles. The number of nitrogens with zero attached hydrogens (tertiary/aromatic N) is 2. The highest BCUT2D eigenvalue weighted by Crippen LogP contribution is 2.30. The Hall–Kier alpha value is -4.19. The molecule has 2 N–H and O–H groups in total. The second-order valence-electron chi connectivity index (χ2n) is 10.3. The number of anilines is 2. The van der Waals surface area contributed by atoms with Crippen molar-refractivity contribution in [1.82, 2.24) is 4.90 Å². The van der Waals surface area contributed by atoms with Crippen molar-refractivity contribution in [3.8, 4) is 17.1 Å². The van der Waals surface area contributed by atoms with Gasteiger partial charge in [-0.3, -0.25) is 19.0 Å². The number of methoxy groups -OCH3 is 1. The average Bonchev–Trinajstić information content (AvgIpc) is 2.99. The minimum atomic E-state index is -3.67. The zero-order valence-corrected chi connectivity index (χ0v) is 25.4. The van der Waals surface area contributed by atoms with Crippen molar-refractivity contribution in [2.75, 3.05) is 56.3 Å². The Morgan fingerprint density at radius 2 is 1.63 bits per heavy atom. The van der Waals surface area contributed by atoms with Gasteiger partial charge in [0.1, 0.15) is 11.5 Å². The lowest BCUT2D eigenvalue weighted by atomic mass is 10.1. The number of hydrogen-bond acceptors (Lipinski definition) is 8. The summed E-state index contributed by atoms with van der Waals surface area (Å²) in [5.74, 6) is 1.33. The molecule has 11 heteroatoms. The summed E-state index contributed by atoms with van der Waals surface area (Å²) in [6.07, 6.45) is 1.86. The number of rotatable bonds is 8. The molecule has 0 atom stereocenters. The number of benzene rings is 3. The summed E-state index contributed by atoms with van der Waals surface area (Å²) in [6.45, 7) is 6.35. The van der Waals surface area contributed by atoms with Crippen molar-refractivity contribution in [3.63, 3.8) is 0 Å². The third-order valence-electron chi connectivity index (χ3n) is 7.13. The molecular formula is C32H37N3O7S. The van der Waals surface area contributed by atoms with Crippen LogP contribution in [0.3, 0.4) is 0 Å². The van der Waals surface area contributed by atoms with Crippen molar-refractivity contribution >= 4 is 38.4 Å². The summed E-state index contributed by atoms with van der Waals surface area (Å²) in [7, 11) is -1.96. The van der Waals surface area contributed by atoms with Crippen LogP contribution in [-0.2, 0) is 14.9 Å². The van der Waals surface area contributed by atoms with Crippen LogP contribution >= 0.6 is 0 Å². The van der Waals surface area contributed by atoms with Crippen LogP contribution in [0.4, 0.5) is 11.4 Å². The van der Waals surface area contributed by atoms with Gasteiger partial charge < -0.3 is 19.4 Å². The van der Waals surface area contributed by atoms with E-state index < -0.39 is 10.1 Å². The Morgan fingerprint density at radius 3 is 2.30 bits per heavy atom.